The highest BCUT2D eigenvalue weighted by molar-refractivity contribution is 7.10. The van der Waals surface area contributed by atoms with Crippen LogP contribution < -0.4 is 5.32 Å². The SMILES string of the molecule is CN[C@H](CCc1ccc(O)c2ccccc12)c1cccs1. The van der Waals surface area contributed by atoms with Gasteiger partial charge in [0.1, 0.15) is 5.75 Å². The molecule has 0 aliphatic carbocycles. The smallest absolute Gasteiger partial charge is 0.123 e. The summed E-state index contributed by atoms with van der Waals surface area (Å²) in [7, 11) is 2.01. The van der Waals surface area contributed by atoms with E-state index in [1.54, 1.807) is 17.4 Å². The van der Waals surface area contributed by atoms with Gasteiger partial charge in [0.15, 0.2) is 0 Å². The molecule has 1 aromatic heterocycles. The van der Waals surface area contributed by atoms with Crippen molar-refractivity contribution in [3.8, 4) is 5.75 Å². The molecule has 21 heavy (non-hydrogen) atoms. The number of hydrogen-bond acceptors (Lipinski definition) is 3. The fourth-order valence-corrected chi connectivity index (χ4v) is 3.65. The van der Waals surface area contributed by atoms with Crippen LogP contribution in [-0.2, 0) is 6.42 Å². The van der Waals surface area contributed by atoms with Crippen LogP contribution >= 0.6 is 11.3 Å². The summed E-state index contributed by atoms with van der Waals surface area (Å²) in [5, 5.41) is 17.6. The minimum atomic E-state index is 0.359. The molecule has 0 spiro atoms. The van der Waals surface area contributed by atoms with E-state index in [1.165, 1.54) is 10.4 Å². The van der Waals surface area contributed by atoms with Gasteiger partial charge in [0.25, 0.3) is 0 Å². The Labute approximate surface area is 129 Å². The highest BCUT2D eigenvalue weighted by atomic mass is 32.1. The summed E-state index contributed by atoms with van der Waals surface area (Å²) in [5.74, 6) is 0.359. The molecule has 2 N–H and O–H groups in total. The first-order valence-corrected chi connectivity index (χ1v) is 8.08. The number of phenolic OH excluding ortho intramolecular Hbond substituents is 1. The molecule has 3 heteroatoms. The van der Waals surface area contributed by atoms with E-state index in [9.17, 15) is 5.11 Å². The molecule has 0 fully saturated rings. The van der Waals surface area contributed by atoms with Crippen LogP contribution in [0.1, 0.15) is 22.9 Å². The van der Waals surface area contributed by atoms with Crippen LogP contribution in [0.5, 0.6) is 5.75 Å². The topological polar surface area (TPSA) is 32.3 Å². The number of nitrogens with one attached hydrogen (secondary N) is 1. The highest BCUT2D eigenvalue weighted by Crippen LogP contribution is 2.30. The average Bonchev–Trinajstić information content (AvgIpc) is 3.04. The number of hydrogen-bond donors (Lipinski definition) is 2. The molecule has 0 aliphatic heterocycles. The lowest BCUT2D eigenvalue weighted by Crippen LogP contribution is -2.15. The third kappa shape index (κ3) is 2.94. The lowest BCUT2D eigenvalue weighted by Gasteiger charge is -2.15. The van der Waals surface area contributed by atoms with Crippen molar-refractivity contribution in [2.45, 2.75) is 18.9 Å². The van der Waals surface area contributed by atoms with E-state index in [4.69, 9.17) is 0 Å². The van der Waals surface area contributed by atoms with Crippen molar-refractivity contribution in [3.05, 3.63) is 64.4 Å². The first-order chi connectivity index (χ1) is 10.3. The van der Waals surface area contributed by atoms with Crippen LogP contribution in [0.3, 0.4) is 0 Å². The molecule has 0 saturated carbocycles. The fraction of sp³-hybridized carbons (Fsp3) is 0.222. The number of aryl methyl sites for hydroxylation is 1. The van der Waals surface area contributed by atoms with E-state index in [2.05, 4.69) is 28.9 Å². The van der Waals surface area contributed by atoms with E-state index in [1.807, 2.05) is 31.3 Å². The Morgan fingerprint density at radius 1 is 1.05 bits per heavy atom. The summed E-state index contributed by atoms with van der Waals surface area (Å²) in [6.07, 6.45) is 2.04. The Morgan fingerprint density at radius 2 is 1.86 bits per heavy atom. The number of thiophene rings is 1. The van der Waals surface area contributed by atoms with Crippen molar-refractivity contribution in [3.63, 3.8) is 0 Å². The molecular formula is C18H19NOS. The molecular weight excluding hydrogens is 278 g/mol. The van der Waals surface area contributed by atoms with Crippen molar-refractivity contribution in [1.29, 1.82) is 0 Å². The summed E-state index contributed by atoms with van der Waals surface area (Å²) in [4.78, 5) is 1.38. The zero-order valence-electron chi connectivity index (χ0n) is 12.0. The monoisotopic (exact) mass is 297 g/mol. The summed E-state index contributed by atoms with van der Waals surface area (Å²) in [6.45, 7) is 0. The van der Waals surface area contributed by atoms with E-state index < -0.39 is 0 Å². The van der Waals surface area contributed by atoms with Gasteiger partial charge in [-0.2, -0.15) is 0 Å². The molecule has 108 valence electrons. The molecule has 1 heterocycles. The van der Waals surface area contributed by atoms with Crippen molar-refractivity contribution in [2.75, 3.05) is 7.05 Å². The zero-order chi connectivity index (χ0) is 14.7. The Hall–Kier alpha value is -1.84. The average molecular weight is 297 g/mol. The van der Waals surface area contributed by atoms with E-state index >= 15 is 0 Å². The predicted molar refractivity (Wildman–Crippen MR) is 90.1 cm³/mol. The molecule has 2 aromatic carbocycles. The van der Waals surface area contributed by atoms with Crippen molar-refractivity contribution in [2.24, 2.45) is 0 Å². The maximum Gasteiger partial charge on any atom is 0.123 e. The van der Waals surface area contributed by atoms with Gasteiger partial charge in [0.05, 0.1) is 0 Å². The van der Waals surface area contributed by atoms with Gasteiger partial charge in [-0.25, -0.2) is 0 Å². The summed E-state index contributed by atoms with van der Waals surface area (Å²) >= 11 is 1.79. The second kappa shape index (κ2) is 6.29. The van der Waals surface area contributed by atoms with Gasteiger partial charge in [-0.05, 0) is 48.4 Å². The van der Waals surface area contributed by atoms with Crippen LogP contribution in [0.2, 0.25) is 0 Å². The van der Waals surface area contributed by atoms with Gasteiger partial charge >= 0.3 is 0 Å². The maximum atomic E-state index is 9.96. The summed E-state index contributed by atoms with van der Waals surface area (Å²) < 4.78 is 0. The number of benzene rings is 2. The second-order valence-electron chi connectivity index (χ2n) is 5.18. The van der Waals surface area contributed by atoms with E-state index in [0.717, 1.165) is 23.6 Å². The first-order valence-electron chi connectivity index (χ1n) is 7.20. The Morgan fingerprint density at radius 3 is 2.57 bits per heavy atom. The number of rotatable bonds is 5. The molecule has 3 aromatic rings. The standard InChI is InChI=1S/C18H19NOS/c1-19-16(18-7-4-12-21-18)10-8-13-9-11-17(20)15-6-3-2-5-14(13)15/h2-7,9,11-12,16,19-20H,8,10H2,1H3/t16-/m1/s1. The second-order valence-corrected chi connectivity index (χ2v) is 6.16. The third-order valence-corrected chi connectivity index (χ3v) is 4.91. The first kappa shape index (κ1) is 14.1. The van der Waals surface area contributed by atoms with Crippen LogP contribution in [0.15, 0.2) is 53.9 Å². The van der Waals surface area contributed by atoms with Gasteiger partial charge in [-0.3, -0.25) is 0 Å². The molecule has 0 radical (unpaired) electrons. The molecule has 0 aliphatic rings. The third-order valence-electron chi connectivity index (χ3n) is 3.93. The Balaban J connectivity index is 1.84. The Kier molecular flexibility index (Phi) is 4.23. The lowest BCUT2D eigenvalue weighted by atomic mass is 9.98. The molecule has 1 atom stereocenters. The molecule has 3 rings (SSSR count). The van der Waals surface area contributed by atoms with Crippen LogP contribution in [0.25, 0.3) is 10.8 Å². The van der Waals surface area contributed by atoms with Gasteiger partial charge in [-0.1, -0.05) is 36.4 Å². The van der Waals surface area contributed by atoms with E-state index in [0.29, 0.717) is 11.8 Å². The maximum absolute atomic E-state index is 9.96. The lowest BCUT2D eigenvalue weighted by molar-refractivity contribution is 0.481. The number of phenols is 1. The van der Waals surface area contributed by atoms with Gasteiger partial charge < -0.3 is 10.4 Å². The van der Waals surface area contributed by atoms with Gasteiger partial charge in [0.2, 0.25) is 0 Å². The van der Waals surface area contributed by atoms with Gasteiger partial charge in [-0.15, -0.1) is 11.3 Å². The van der Waals surface area contributed by atoms with Crippen molar-refractivity contribution in [1.82, 2.24) is 5.32 Å². The minimum Gasteiger partial charge on any atom is -0.507 e. The normalized spacial score (nSPS) is 12.6. The summed E-state index contributed by atoms with van der Waals surface area (Å²) in [5.41, 5.74) is 1.29. The van der Waals surface area contributed by atoms with Crippen molar-refractivity contribution < 1.29 is 5.11 Å². The molecule has 0 bridgehead atoms. The van der Waals surface area contributed by atoms with Crippen LogP contribution in [0, 0.1) is 0 Å². The zero-order valence-corrected chi connectivity index (χ0v) is 12.9. The van der Waals surface area contributed by atoms with E-state index in [-0.39, 0.29) is 0 Å². The van der Waals surface area contributed by atoms with Gasteiger partial charge in [0, 0.05) is 16.3 Å². The molecule has 0 saturated heterocycles. The fourth-order valence-electron chi connectivity index (χ4n) is 2.78. The van der Waals surface area contributed by atoms with Crippen LogP contribution in [-0.4, -0.2) is 12.2 Å². The number of fused-ring (bicyclic) bond motifs is 1. The predicted octanol–water partition coefficient (Wildman–Crippen LogP) is 4.50. The summed E-state index contributed by atoms with van der Waals surface area (Å²) in [6, 6.07) is 16.6. The quantitative estimate of drug-likeness (QED) is 0.726. The molecule has 0 amide bonds. The molecule has 0 unspecified atom stereocenters. The minimum absolute atomic E-state index is 0.359. The Bertz CT molecular complexity index is 721. The highest BCUT2D eigenvalue weighted by Gasteiger charge is 2.12. The largest absolute Gasteiger partial charge is 0.507 e. The molecule has 2 nitrogen and oxygen atoms in total. The van der Waals surface area contributed by atoms with Crippen LogP contribution in [0.4, 0.5) is 0 Å². The van der Waals surface area contributed by atoms with Crippen molar-refractivity contribution >= 4 is 22.1 Å². The number of aromatic hydroxyl groups is 1.